The monoisotopic (exact) mass is 231 g/mol. The lowest BCUT2D eigenvalue weighted by Crippen LogP contribution is -2.45. The average Bonchev–Trinajstić information content (AvgIpc) is 2.22. The molecule has 1 heteroatoms. The van der Waals surface area contributed by atoms with Crippen LogP contribution < -0.4 is 0 Å². The summed E-state index contributed by atoms with van der Waals surface area (Å²) in [5, 5.41) is 0. The first-order valence-electron chi connectivity index (χ1n) is 6.81. The van der Waals surface area contributed by atoms with Crippen LogP contribution in [0, 0.1) is 5.92 Å². The van der Waals surface area contributed by atoms with Gasteiger partial charge in [0.15, 0.2) is 0 Å². The van der Waals surface area contributed by atoms with Crippen molar-refractivity contribution in [2.75, 3.05) is 13.1 Å². The van der Waals surface area contributed by atoms with Gasteiger partial charge in [-0.15, -0.1) is 0 Å². The summed E-state index contributed by atoms with van der Waals surface area (Å²) in [6.07, 6.45) is 1.33. The molecular formula is C16H25N. The van der Waals surface area contributed by atoms with Crippen molar-refractivity contribution in [3.05, 3.63) is 35.4 Å². The van der Waals surface area contributed by atoms with Gasteiger partial charge in [-0.25, -0.2) is 0 Å². The van der Waals surface area contributed by atoms with Crippen molar-refractivity contribution in [1.82, 2.24) is 4.90 Å². The highest BCUT2D eigenvalue weighted by Crippen LogP contribution is 2.24. The SMILES string of the molecule is CCC1CN(Cc2ccc(C(C)(C)C)cc2)C1. The molecule has 0 bridgehead atoms. The van der Waals surface area contributed by atoms with E-state index in [1.807, 2.05) is 0 Å². The molecule has 0 saturated carbocycles. The summed E-state index contributed by atoms with van der Waals surface area (Å²) in [6.45, 7) is 12.8. The van der Waals surface area contributed by atoms with Crippen molar-refractivity contribution in [2.24, 2.45) is 5.92 Å². The predicted molar refractivity (Wildman–Crippen MR) is 74.2 cm³/mol. The largest absolute Gasteiger partial charge is 0.298 e. The molecule has 1 fully saturated rings. The van der Waals surface area contributed by atoms with Gasteiger partial charge in [0.05, 0.1) is 0 Å². The molecule has 0 aromatic heterocycles. The molecule has 0 N–H and O–H groups in total. The van der Waals surface area contributed by atoms with Crippen LogP contribution >= 0.6 is 0 Å². The molecule has 1 heterocycles. The Morgan fingerprint density at radius 2 is 1.71 bits per heavy atom. The van der Waals surface area contributed by atoms with Gasteiger partial charge >= 0.3 is 0 Å². The molecule has 2 rings (SSSR count). The van der Waals surface area contributed by atoms with Crippen LogP contribution in [0.2, 0.25) is 0 Å². The molecule has 0 radical (unpaired) electrons. The van der Waals surface area contributed by atoms with E-state index in [1.54, 1.807) is 0 Å². The molecule has 94 valence electrons. The molecule has 1 aliphatic heterocycles. The summed E-state index contributed by atoms with van der Waals surface area (Å²) in [7, 11) is 0. The van der Waals surface area contributed by atoms with Gasteiger partial charge in [-0.1, -0.05) is 58.4 Å². The summed E-state index contributed by atoms with van der Waals surface area (Å²) in [4.78, 5) is 2.54. The summed E-state index contributed by atoms with van der Waals surface area (Å²) in [5.41, 5.74) is 3.15. The molecule has 0 aliphatic carbocycles. The fraction of sp³-hybridized carbons (Fsp3) is 0.625. The Morgan fingerprint density at radius 3 is 2.18 bits per heavy atom. The van der Waals surface area contributed by atoms with E-state index in [9.17, 15) is 0 Å². The van der Waals surface area contributed by atoms with Crippen LogP contribution in [0.5, 0.6) is 0 Å². The number of likely N-dealkylation sites (tertiary alicyclic amines) is 1. The predicted octanol–water partition coefficient (Wildman–Crippen LogP) is 3.83. The van der Waals surface area contributed by atoms with E-state index in [-0.39, 0.29) is 5.41 Å². The van der Waals surface area contributed by atoms with E-state index in [2.05, 4.69) is 56.9 Å². The van der Waals surface area contributed by atoms with Gasteiger partial charge < -0.3 is 0 Å². The number of rotatable bonds is 3. The van der Waals surface area contributed by atoms with Gasteiger partial charge in [0.1, 0.15) is 0 Å². The van der Waals surface area contributed by atoms with Crippen LogP contribution in [-0.2, 0) is 12.0 Å². The number of hydrogen-bond donors (Lipinski definition) is 0. The Kier molecular flexibility index (Phi) is 3.58. The van der Waals surface area contributed by atoms with Crippen LogP contribution in [0.3, 0.4) is 0 Å². The van der Waals surface area contributed by atoms with Crippen LogP contribution in [0.15, 0.2) is 24.3 Å². The number of nitrogens with zero attached hydrogens (tertiary/aromatic N) is 1. The third kappa shape index (κ3) is 3.10. The second-order valence-electron chi connectivity index (χ2n) is 6.42. The van der Waals surface area contributed by atoms with Gasteiger partial charge in [0.25, 0.3) is 0 Å². The zero-order valence-electron chi connectivity index (χ0n) is 11.7. The van der Waals surface area contributed by atoms with Crippen LogP contribution in [0.25, 0.3) is 0 Å². The molecule has 1 aromatic rings. The van der Waals surface area contributed by atoms with E-state index in [1.165, 1.54) is 30.6 Å². The minimum Gasteiger partial charge on any atom is -0.298 e. The van der Waals surface area contributed by atoms with Gasteiger partial charge in [-0.3, -0.25) is 4.90 Å². The maximum absolute atomic E-state index is 2.54. The fourth-order valence-electron chi connectivity index (χ4n) is 2.43. The van der Waals surface area contributed by atoms with Crippen molar-refractivity contribution in [2.45, 2.75) is 46.1 Å². The summed E-state index contributed by atoms with van der Waals surface area (Å²) in [5.74, 6) is 0.948. The van der Waals surface area contributed by atoms with Crippen LogP contribution in [-0.4, -0.2) is 18.0 Å². The van der Waals surface area contributed by atoms with Crippen LogP contribution in [0.1, 0.15) is 45.2 Å². The van der Waals surface area contributed by atoms with Crippen molar-refractivity contribution >= 4 is 0 Å². The van der Waals surface area contributed by atoms with Crippen molar-refractivity contribution in [1.29, 1.82) is 0 Å². The zero-order valence-corrected chi connectivity index (χ0v) is 11.7. The van der Waals surface area contributed by atoms with E-state index in [0.29, 0.717) is 0 Å². The maximum atomic E-state index is 2.54. The molecule has 0 unspecified atom stereocenters. The highest BCUT2D eigenvalue weighted by Gasteiger charge is 2.24. The smallest absolute Gasteiger partial charge is 0.0233 e. The summed E-state index contributed by atoms with van der Waals surface area (Å²) in [6, 6.07) is 9.15. The molecule has 0 spiro atoms. The topological polar surface area (TPSA) is 3.24 Å². The summed E-state index contributed by atoms with van der Waals surface area (Å²) >= 11 is 0. The zero-order chi connectivity index (χ0) is 12.5. The van der Waals surface area contributed by atoms with Crippen molar-refractivity contribution in [3.63, 3.8) is 0 Å². The van der Waals surface area contributed by atoms with E-state index < -0.39 is 0 Å². The Bertz CT molecular complexity index is 352. The van der Waals surface area contributed by atoms with E-state index in [0.717, 1.165) is 12.5 Å². The van der Waals surface area contributed by atoms with Gasteiger partial charge in [0.2, 0.25) is 0 Å². The molecule has 1 nitrogen and oxygen atoms in total. The highest BCUT2D eigenvalue weighted by molar-refractivity contribution is 5.27. The molecule has 1 saturated heterocycles. The third-order valence-electron chi connectivity index (χ3n) is 3.84. The van der Waals surface area contributed by atoms with Crippen molar-refractivity contribution in [3.8, 4) is 0 Å². The Hall–Kier alpha value is -0.820. The van der Waals surface area contributed by atoms with Gasteiger partial charge in [-0.2, -0.15) is 0 Å². The lowest BCUT2D eigenvalue weighted by molar-refractivity contribution is 0.0899. The lowest BCUT2D eigenvalue weighted by atomic mass is 9.86. The highest BCUT2D eigenvalue weighted by atomic mass is 15.2. The van der Waals surface area contributed by atoms with Crippen LogP contribution in [0.4, 0.5) is 0 Å². The summed E-state index contributed by atoms with van der Waals surface area (Å²) < 4.78 is 0. The minimum atomic E-state index is 0.266. The minimum absolute atomic E-state index is 0.266. The van der Waals surface area contributed by atoms with Crippen molar-refractivity contribution < 1.29 is 0 Å². The molecule has 1 aromatic carbocycles. The normalized spacial score (nSPS) is 18.1. The number of hydrogen-bond acceptors (Lipinski definition) is 1. The second kappa shape index (κ2) is 4.81. The first-order chi connectivity index (χ1) is 7.99. The van der Waals surface area contributed by atoms with E-state index >= 15 is 0 Å². The van der Waals surface area contributed by atoms with Gasteiger partial charge in [-0.05, 0) is 22.5 Å². The standard InChI is InChI=1S/C16H25N/c1-5-13-10-17(11-13)12-14-6-8-15(9-7-14)16(2,3)4/h6-9,13H,5,10-12H2,1-4H3. The average molecular weight is 231 g/mol. The fourth-order valence-corrected chi connectivity index (χ4v) is 2.43. The molecule has 1 aliphatic rings. The molecule has 0 amide bonds. The third-order valence-corrected chi connectivity index (χ3v) is 3.84. The molecular weight excluding hydrogens is 206 g/mol. The maximum Gasteiger partial charge on any atom is 0.0233 e. The molecule has 0 atom stereocenters. The second-order valence-corrected chi connectivity index (χ2v) is 6.42. The Labute approximate surface area is 106 Å². The van der Waals surface area contributed by atoms with Gasteiger partial charge in [0, 0.05) is 19.6 Å². The Morgan fingerprint density at radius 1 is 1.12 bits per heavy atom. The van der Waals surface area contributed by atoms with E-state index in [4.69, 9.17) is 0 Å². The number of benzene rings is 1. The molecule has 17 heavy (non-hydrogen) atoms. The Balaban J connectivity index is 1.91. The first-order valence-corrected chi connectivity index (χ1v) is 6.81. The lowest BCUT2D eigenvalue weighted by Gasteiger charge is -2.39. The quantitative estimate of drug-likeness (QED) is 0.764. The first kappa shape index (κ1) is 12.6.